The summed E-state index contributed by atoms with van der Waals surface area (Å²) in [6.45, 7) is 8.31. The number of thioether (sulfide) groups is 1. The second kappa shape index (κ2) is 6.90. The first-order valence-corrected chi connectivity index (χ1v) is 8.18. The summed E-state index contributed by atoms with van der Waals surface area (Å²) in [7, 11) is 0. The number of benzene rings is 2. The van der Waals surface area contributed by atoms with Crippen molar-refractivity contribution in [1.29, 1.82) is 0 Å². The van der Waals surface area contributed by atoms with Gasteiger partial charge in [0.2, 0.25) is 0 Å². The van der Waals surface area contributed by atoms with E-state index in [2.05, 4.69) is 38.1 Å². The molecule has 0 aromatic heterocycles. The minimum atomic E-state index is 0.157. The van der Waals surface area contributed by atoms with Crippen LogP contribution >= 0.6 is 11.8 Å². The quantitative estimate of drug-likeness (QED) is 0.626. The average Bonchev–Trinajstić information content (AvgIpc) is 2.33. The lowest BCUT2D eigenvalue weighted by atomic mass is 10.1. The fourth-order valence-corrected chi connectivity index (χ4v) is 3.26. The maximum atomic E-state index is 5.96. The molecule has 3 heteroatoms. The summed E-state index contributed by atoms with van der Waals surface area (Å²) in [5.74, 6) is 1.78. The zero-order valence-electron chi connectivity index (χ0n) is 13.1. The van der Waals surface area contributed by atoms with E-state index in [9.17, 15) is 0 Å². The summed E-state index contributed by atoms with van der Waals surface area (Å²) < 4.78 is 5.73. The van der Waals surface area contributed by atoms with E-state index in [0.29, 0.717) is 0 Å². The van der Waals surface area contributed by atoms with Gasteiger partial charge in [-0.05, 0) is 45.4 Å². The second-order valence-electron chi connectivity index (χ2n) is 5.69. The van der Waals surface area contributed by atoms with Crippen LogP contribution < -0.4 is 10.5 Å². The van der Waals surface area contributed by atoms with E-state index >= 15 is 0 Å². The number of rotatable bonds is 5. The average molecular weight is 301 g/mol. The van der Waals surface area contributed by atoms with Gasteiger partial charge >= 0.3 is 0 Å². The van der Waals surface area contributed by atoms with Gasteiger partial charge in [-0.1, -0.05) is 29.3 Å². The number of hydrogen-bond acceptors (Lipinski definition) is 3. The van der Waals surface area contributed by atoms with Crippen LogP contribution in [-0.4, -0.2) is 6.10 Å². The van der Waals surface area contributed by atoms with Crippen LogP contribution in [0.2, 0.25) is 0 Å². The predicted octanol–water partition coefficient (Wildman–Crippen LogP) is 4.97. The topological polar surface area (TPSA) is 35.2 Å². The Labute approximate surface area is 131 Å². The van der Waals surface area contributed by atoms with E-state index in [4.69, 9.17) is 10.5 Å². The van der Waals surface area contributed by atoms with Crippen molar-refractivity contribution in [2.45, 2.75) is 44.4 Å². The number of aryl methyl sites for hydroxylation is 2. The van der Waals surface area contributed by atoms with Crippen molar-refractivity contribution in [3.05, 3.63) is 53.1 Å². The third-order valence-corrected chi connectivity index (χ3v) is 4.01. The molecule has 0 spiro atoms. The van der Waals surface area contributed by atoms with Crippen LogP contribution in [0.15, 0.2) is 41.3 Å². The maximum Gasteiger partial charge on any atom is 0.122 e. The van der Waals surface area contributed by atoms with E-state index in [1.54, 1.807) is 11.8 Å². The summed E-state index contributed by atoms with van der Waals surface area (Å²) in [5, 5.41) is 0. The van der Waals surface area contributed by atoms with Crippen molar-refractivity contribution >= 4 is 17.4 Å². The van der Waals surface area contributed by atoms with Gasteiger partial charge in [0.15, 0.2) is 0 Å². The zero-order valence-corrected chi connectivity index (χ0v) is 14.0. The highest BCUT2D eigenvalue weighted by Gasteiger charge is 2.04. The summed E-state index contributed by atoms with van der Waals surface area (Å²) in [6.07, 6.45) is 0.157. The number of anilines is 1. The van der Waals surface area contributed by atoms with Crippen LogP contribution in [0.4, 0.5) is 5.69 Å². The Morgan fingerprint density at radius 2 is 1.67 bits per heavy atom. The Morgan fingerprint density at radius 3 is 2.29 bits per heavy atom. The number of ether oxygens (including phenoxy) is 1. The van der Waals surface area contributed by atoms with E-state index in [0.717, 1.165) is 22.1 Å². The molecule has 0 fully saturated rings. The van der Waals surface area contributed by atoms with Gasteiger partial charge in [0.05, 0.1) is 6.10 Å². The standard InChI is InChI=1S/C18H23NOS/c1-12(2)20-17-8-16(19)9-18(10-17)21-11-15-6-13(3)5-14(4)7-15/h5-10,12H,11,19H2,1-4H3. The highest BCUT2D eigenvalue weighted by molar-refractivity contribution is 7.98. The third-order valence-electron chi connectivity index (χ3n) is 2.96. The highest BCUT2D eigenvalue weighted by atomic mass is 32.2. The molecule has 2 aromatic carbocycles. The van der Waals surface area contributed by atoms with Gasteiger partial charge in [0, 0.05) is 22.4 Å². The molecule has 0 aliphatic rings. The van der Waals surface area contributed by atoms with E-state index in [1.165, 1.54) is 16.7 Å². The monoisotopic (exact) mass is 301 g/mol. The van der Waals surface area contributed by atoms with E-state index in [-0.39, 0.29) is 6.10 Å². The van der Waals surface area contributed by atoms with Crippen molar-refractivity contribution in [3.63, 3.8) is 0 Å². The first kappa shape index (κ1) is 15.8. The molecule has 0 atom stereocenters. The van der Waals surface area contributed by atoms with Crippen molar-refractivity contribution in [1.82, 2.24) is 0 Å². The molecule has 0 unspecified atom stereocenters. The molecule has 2 N–H and O–H groups in total. The molecule has 0 amide bonds. The second-order valence-corrected chi connectivity index (χ2v) is 6.74. The Morgan fingerprint density at radius 1 is 1.00 bits per heavy atom. The van der Waals surface area contributed by atoms with Gasteiger partial charge in [0.25, 0.3) is 0 Å². The SMILES string of the molecule is Cc1cc(C)cc(CSc2cc(N)cc(OC(C)C)c2)c1. The molecule has 21 heavy (non-hydrogen) atoms. The Hall–Kier alpha value is -1.61. The molecular formula is C18H23NOS. The summed E-state index contributed by atoms with van der Waals surface area (Å²) >= 11 is 1.79. The van der Waals surface area contributed by atoms with Gasteiger partial charge in [-0.25, -0.2) is 0 Å². The van der Waals surface area contributed by atoms with Crippen LogP contribution in [0.25, 0.3) is 0 Å². The van der Waals surface area contributed by atoms with Crippen molar-refractivity contribution in [3.8, 4) is 5.75 Å². The van der Waals surface area contributed by atoms with Crippen molar-refractivity contribution in [2.75, 3.05) is 5.73 Å². The number of hydrogen-bond donors (Lipinski definition) is 1. The minimum Gasteiger partial charge on any atom is -0.491 e. The van der Waals surface area contributed by atoms with Gasteiger partial charge in [-0.15, -0.1) is 11.8 Å². The van der Waals surface area contributed by atoms with E-state index < -0.39 is 0 Å². The van der Waals surface area contributed by atoms with Crippen LogP contribution in [0.5, 0.6) is 5.75 Å². The maximum absolute atomic E-state index is 5.96. The van der Waals surface area contributed by atoms with Crippen LogP contribution in [-0.2, 0) is 5.75 Å². The van der Waals surface area contributed by atoms with Gasteiger partial charge in [0.1, 0.15) is 5.75 Å². The van der Waals surface area contributed by atoms with Gasteiger partial charge in [-0.3, -0.25) is 0 Å². The predicted molar refractivity (Wildman–Crippen MR) is 92.1 cm³/mol. The van der Waals surface area contributed by atoms with Gasteiger partial charge < -0.3 is 10.5 Å². The minimum absolute atomic E-state index is 0.157. The zero-order chi connectivity index (χ0) is 15.4. The molecular weight excluding hydrogens is 278 g/mol. The van der Waals surface area contributed by atoms with Crippen LogP contribution in [0.3, 0.4) is 0 Å². The van der Waals surface area contributed by atoms with Crippen molar-refractivity contribution in [2.24, 2.45) is 0 Å². The lowest BCUT2D eigenvalue weighted by Gasteiger charge is -2.12. The molecule has 0 bridgehead atoms. The fourth-order valence-electron chi connectivity index (χ4n) is 2.34. The normalized spacial score (nSPS) is 10.9. The van der Waals surface area contributed by atoms with Crippen molar-refractivity contribution < 1.29 is 4.74 Å². The molecule has 2 nitrogen and oxygen atoms in total. The molecule has 0 radical (unpaired) electrons. The molecule has 0 heterocycles. The Balaban J connectivity index is 2.10. The molecule has 2 rings (SSSR count). The van der Waals surface area contributed by atoms with Crippen LogP contribution in [0, 0.1) is 13.8 Å². The number of nitrogens with two attached hydrogens (primary N) is 1. The largest absolute Gasteiger partial charge is 0.491 e. The first-order chi connectivity index (χ1) is 9.92. The molecule has 0 aliphatic heterocycles. The molecule has 0 aliphatic carbocycles. The smallest absolute Gasteiger partial charge is 0.122 e. The lowest BCUT2D eigenvalue weighted by molar-refractivity contribution is 0.242. The molecule has 0 saturated carbocycles. The first-order valence-electron chi connectivity index (χ1n) is 7.19. The molecule has 0 saturated heterocycles. The summed E-state index contributed by atoms with van der Waals surface area (Å²) in [4.78, 5) is 1.14. The number of nitrogen functional groups attached to an aromatic ring is 1. The van der Waals surface area contributed by atoms with Gasteiger partial charge in [-0.2, -0.15) is 0 Å². The fraction of sp³-hybridized carbons (Fsp3) is 0.333. The third kappa shape index (κ3) is 5.01. The molecule has 112 valence electrons. The highest BCUT2D eigenvalue weighted by Crippen LogP contribution is 2.30. The lowest BCUT2D eigenvalue weighted by Crippen LogP contribution is -2.05. The summed E-state index contributed by atoms with van der Waals surface area (Å²) in [5.41, 5.74) is 10.7. The summed E-state index contributed by atoms with van der Waals surface area (Å²) in [6, 6.07) is 12.6. The van der Waals surface area contributed by atoms with Crippen LogP contribution in [0.1, 0.15) is 30.5 Å². The Kier molecular flexibility index (Phi) is 5.18. The Bertz CT molecular complexity index is 602. The van der Waals surface area contributed by atoms with E-state index in [1.807, 2.05) is 26.0 Å². The molecule has 2 aromatic rings.